The molecular weight excluding hydrogens is 781 g/mol. The summed E-state index contributed by atoms with van der Waals surface area (Å²) in [6.07, 6.45) is 18.6. The molecule has 10 aliphatic rings. The second-order valence-corrected chi connectivity index (χ2v) is 28.5. The van der Waals surface area contributed by atoms with E-state index in [1.54, 1.807) is 25.7 Å². The molecule has 370 valence electrons. The number of hydrogen-bond donors (Lipinski definition) is 0. The van der Waals surface area contributed by atoms with Crippen LogP contribution in [0.3, 0.4) is 0 Å². The second-order valence-electron chi connectivity index (χ2n) is 28.5. The third-order valence-electron chi connectivity index (χ3n) is 16.6. The van der Waals surface area contributed by atoms with Gasteiger partial charge in [-0.15, -0.1) is 0 Å². The van der Waals surface area contributed by atoms with E-state index >= 15 is 0 Å². The van der Waals surface area contributed by atoms with Crippen LogP contribution in [-0.4, -0.2) is 147 Å². The molecule has 8 heterocycles. The molecule has 0 aromatic rings. The first-order chi connectivity index (χ1) is 29.0. The van der Waals surface area contributed by atoms with E-state index in [0.29, 0.717) is 49.2 Å². The highest BCUT2D eigenvalue weighted by Crippen LogP contribution is 2.57. The molecule has 1 atom stereocenters. The number of ether oxygens (including phenoxy) is 4. The Labute approximate surface area is 391 Å². The van der Waals surface area contributed by atoms with Crippen molar-refractivity contribution in [2.45, 2.75) is 216 Å². The lowest BCUT2D eigenvalue weighted by Crippen LogP contribution is -2.69. The highest BCUT2D eigenvalue weighted by molar-refractivity contribution is 5.03. The summed E-state index contributed by atoms with van der Waals surface area (Å²) in [5.74, 6) is 0. The molecule has 2 aliphatic carbocycles. The van der Waals surface area contributed by atoms with E-state index < -0.39 is 0 Å². The quantitative estimate of drug-likeness (QED) is 0.238. The minimum atomic E-state index is 0.339. The number of nitrogens with zero attached hydrogens (tertiary/aromatic N) is 4. The summed E-state index contributed by atoms with van der Waals surface area (Å²) in [7, 11) is 0. The van der Waals surface area contributed by atoms with Gasteiger partial charge in [-0.05, 0) is 203 Å². The lowest BCUT2D eigenvalue weighted by atomic mass is 9.75. The van der Waals surface area contributed by atoms with Gasteiger partial charge in [-0.2, -0.15) is 0 Å². The highest BCUT2D eigenvalue weighted by atomic mass is 16.5. The molecule has 5 spiro atoms. The zero-order valence-electron chi connectivity index (χ0n) is 44.9. The van der Waals surface area contributed by atoms with Crippen LogP contribution in [-0.2, 0) is 18.9 Å². The summed E-state index contributed by atoms with van der Waals surface area (Å²) in [6, 6.07) is 0. The SMILES string of the molecule is C1CCC2(C1)CC2.CC(C)(C)C.CC(C)(C)N1CC2(COC2)C1.CC(C)(C)N1CCC2(CC1)COC2.CC(C)(C)N1CCC2(CCOC2)C1.CC(C)(C)N1CCC2(CCOC2)CC1. The molecule has 10 fully saturated rings. The van der Waals surface area contributed by atoms with Crippen molar-refractivity contribution in [3.05, 3.63) is 0 Å². The predicted octanol–water partition coefficient (Wildman–Crippen LogP) is 11.6. The van der Waals surface area contributed by atoms with Crippen molar-refractivity contribution in [1.82, 2.24) is 19.6 Å². The Kier molecular flexibility index (Phi) is 17.6. The van der Waals surface area contributed by atoms with Crippen molar-refractivity contribution < 1.29 is 18.9 Å². The molecule has 2 saturated carbocycles. The zero-order valence-corrected chi connectivity index (χ0v) is 44.9. The van der Waals surface area contributed by atoms with E-state index in [9.17, 15) is 0 Å². The monoisotopic (exact) mass is 887 g/mol. The van der Waals surface area contributed by atoms with Crippen molar-refractivity contribution in [3.8, 4) is 0 Å². The van der Waals surface area contributed by atoms with E-state index in [-0.39, 0.29) is 0 Å². The van der Waals surface area contributed by atoms with E-state index in [0.717, 1.165) is 58.3 Å². The largest absolute Gasteiger partial charge is 0.381 e. The van der Waals surface area contributed by atoms with E-state index in [1.165, 1.54) is 110 Å². The minimum absolute atomic E-state index is 0.339. The van der Waals surface area contributed by atoms with Gasteiger partial charge >= 0.3 is 0 Å². The molecule has 1 unspecified atom stereocenters. The summed E-state index contributed by atoms with van der Waals surface area (Å²) in [5.41, 5.74) is 5.09. The topological polar surface area (TPSA) is 49.9 Å². The van der Waals surface area contributed by atoms with Crippen molar-refractivity contribution in [2.75, 3.05) is 105 Å². The van der Waals surface area contributed by atoms with Crippen molar-refractivity contribution in [1.29, 1.82) is 0 Å². The van der Waals surface area contributed by atoms with Gasteiger partial charge in [0, 0.05) is 71.2 Å². The Balaban J connectivity index is 0.000000146. The van der Waals surface area contributed by atoms with Gasteiger partial charge in [0.05, 0.1) is 39.6 Å². The zero-order chi connectivity index (χ0) is 46.6. The fraction of sp³-hybridized carbons (Fsp3) is 1.00. The lowest BCUT2D eigenvalue weighted by Gasteiger charge is -2.59. The minimum Gasteiger partial charge on any atom is -0.381 e. The molecule has 10 rings (SSSR count). The first-order valence-electron chi connectivity index (χ1n) is 26.3. The second kappa shape index (κ2) is 20.7. The van der Waals surface area contributed by atoms with Gasteiger partial charge in [0.1, 0.15) is 0 Å². The molecular formula is C55H106N4O4. The molecule has 0 aromatic heterocycles. The smallest absolute Gasteiger partial charge is 0.0569 e. The van der Waals surface area contributed by atoms with Crippen molar-refractivity contribution in [2.24, 2.45) is 32.5 Å². The summed E-state index contributed by atoms with van der Waals surface area (Å²) in [6.45, 7) is 54.4. The normalized spacial score (nSPS) is 29.7. The Morgan fingerprint density at radius 3 is 0.889 bits per heavy atom. The van der Waals surface area contributed by atoms with Crippen LogP contribution < -0.4 is 0 Å². The van der Waals surface area contributed by atoms with Gasteiger partial charge in [-0.1, -0.05) is 40.5 Å². The fourth-order valence-electron chi connectivity index (χ4n) is 11.1. The highest BCUT2D eigenvalue weighted by Gasteiger charge is 2.52. The molecule has 8 nitrogen and oxygen atoms in total. The Hall–Kier alpha value is -0.320. The maximum absolute atomic E-state index is 5.54. The van der Waals surface area contributed by atoms with Gasteiger partial charge < -0.3 is 18.9 Å². The summed E-state index contributed by atoms with van der Waals surface area (Å²) in [4.78, 5) is 10.3. The van der Waals surface area contributed by atoms with Gasteiger partial charge in [-0.3, -0.25) is 19.6 Å². The number of piperidine rings is 2. The molecule has 0 aromatic carbocycles. The average Bonchev–Trinajstić information content (AvgIpc) is 3.61. The maximum Gasteiger partial charge on any atom is 0.0569 e. The molecule has 8 heteroatoms. The predicted molar refractivity (Wildman–Crippen MR) is 266 cm³/mol. The third-order valence-corrected chi connectivity index (χ3v) is 16.6. The van der Waals surface area contributed by atoms with Crippen LogP contribution in [0.1, 0.15) is 194 Å². The van der Waals surface area contributed by atoms with Crippen LogP contribution in [0, 0.1) is 32.5 Å². The maximum atomic E-state index is 5.54. The summed E-state index contributed by atoms with van der Waals surface area (Å²) < 4.78 is 21.6. The molecule has 0 N–H and O–H groups in total. The fourth-order valence-corrected chi connectivity index (χ4v) is 11.1. The van der Waals surface area contributed by atoms with Crippen LogP contribution in [0.4, 0.5) is 0 Å². The summed E-state index contributed by atoms with van der Waals surface area (Å²) in [5, 5.41) is 0. The van der Waals surface area contributed by atoms with Crippen LogP contribution in [0.2, 0.25) is 0 Å². The molecule has 0 amide bonds. The van der Waals surface area contributed by atoms with Gasteiger partial charge in [0.25, 0.3) is 0 Å². The number of likely N-dealkylation sites (tertiary alicyclic amines) is 4. The van der Waals surface area contributed by atoms with E-state index in [2.05, 4.69) is 130 Å². The van der Waals surface area contributed by atoms with Gasteiger partial charge in [0.15, 0.2) is 0 Å². The van der Waals surface area contributed by atoms with Gasteiger partial charge in [-0.25, -0.2) is 0 Å². The molecule has 0 radical (unpaired) electrons. The van der Waals surface area contributed by atoms with Crippen LogP contribution in [0.25, 0.3) is 0 Å². The van der Waals surface area contributed by atoms with Crippen molar-refractivity contribution >= 4 is 0 Å². The first-order valence-corrected chi connectivity index (χ1v) is 26.3. The van der Waals surface area contributed by atoms with Crippen LogP contribution >= 0.6 is 0 Å². The Morgan fingerprint density at radius 1 is 0.286 bits per heavy atom. The molecule has 0 bridgehead atoms. The standard InChI is InChI=1S/C12H23NO.2C11H21NO.C9H17NO.C7H12.C5H12/c1-11(2,3)13-7-4-12(5-8-13)6-9-14-10-12;1-10(2,3)12-6-4-11(8-12)5-7-13-9-11;1-10(2,3)12-6-4-11(5-7-12)8-13-9-11;1-8(2,3)10-4-9(5-10)6-11-7-9;1-2-4-7(3-1)5-6-7;1-5(2,3)4/h4-10H2,1-3H3;2*4-9H2,1-3H3;4-7H2,1-3H3;1-6H2;1-4H3. The molecule has 8 saturated heterocycles. The lowest BCUT2D eigenvalue weighted by molar-refractivity contribution is -0.207. The first kappa shape index (κ1) is 53.6. The van der Waals surface area contributed by atoms with E-state index in [4.69, 9.17) is 18.9 Å². The van der Waals surface area contributed by atoms with Crippen molar-refractivity contribution in [3.63, 3.8) is 0 Å². The van der Waals surface area contributed by atoms with Crippen LogP contribution in [0.15, 0.2) is 0 Å². The average molecular weight is 887 g/mol. The number of hydrogen-bond acceptors (Lipinski definition) is 8. The third kappa shape index (κ3) is 16.1. The summed E-state index contributed by atoms with van der Waals surface area (Å²) >= 11 is 0. The Bertz CT molecular complexity index is 1330. The molecule has 63 heavy (non-hydrogen) atoms. The Morgan fingerprint density at radius 2 is 0.603 bits per heavy atom. The van der Waals surface area contributed by atoms with Gasteiger partial charge in [0.2, 0.25) is 0 Å². The number of rotatable bonds is 0. The molecule has 8 aliphatic heterocycles. The van der Waals surface area contributed by atoms with E-state index in [1.807, 2.05) is 0 Å². The van der Waals surface area contributed by atoms with Crippen LogP contribution in [0.5, 0.6) is 0 Å².